The summed E-state index contributed by atoms with van der Waals surface area (Å²) in [6.07, 6.45) is 3.68. The number of hydrogen-bond donors (Lipinski definition) is 0. The van der Waals surface area contributed by atoms with Gasteiger partial charge in [-0.25, -0.2) is 20.0 Å². The van der Waals surface area contributed by atoms with Crippen molar-refractivity contribution >= 4 is 65.8 Å². The van der Waals surface area contributed by atoms with Gasteiger partial charge in [0.05, 0.1) is 20.4 Å². The summed E-state index contributed by atoms with van der Waals surface area (Å²) >= 11 is 3.18. The number of nitrogens with zero attached hydrogens (tertiary/aromatic N) is 4. The fraction of sp³-hybridized carbons (Fsp3) is 0. The van der Waals surface area contributed by atoms with Crippen molar-refractivity contribution in [3.63, 3.8) is 0 Å². The van der Waals surface area contributed by atoms with Crippen LogP contribution in [0, 0.1) is 0 Å². The summed E-state index contributed by atoms with van der Waals surface area (Å²) < 4.78 is 2.30. The largest absolute Gasteiger partial charge is 0.227 e. The van der Waals surface area contributed by atoms with Crippen LogP contribution in [0.3, 0.4) is 0 Å². The molecule has 3 aromatic carbocycles. The predicted molar refractivity (Wildman–Crippen MR) is 120 cm³/mol. The molecule has 6 heteroatoms. The summed E-state index contributed by atoms with van der Waals surface area (Å²) in [5, 5.41) is 1.53. The second-order valence-electron chi connectivity index (χ2n) is 6.11. The van der Waals surface area contributed by atoms with Gasteiger partial charge in [-0.15, -0.1) is 0 Å². The highest BCUT2D eigenvalue weighted by molar-refractivity contribution is 7.22. The Morgan fingerprint density at radius 1 is 0.571 bits per heavy atom. The average Bonchev–Trinajstić information content (AvgIpc) is 3.34. The van der Waals surface area contributed by atoms with Gasteiger partial charge in [0.25, 0.3) is 0 Å². The maximum Gasteiger partial charge on any atom is 0.210 e. The van der Waals surface area contributed by atoms with Crippen LogP contribution in [0.5, 0.6) is 0 Å². The minimum atomic E-state index is 0.766. The molecule has 0 saturated heterocycles. The number of aliphatic imine (C=N–C) groups is 2. The molecular weight excluding hydrogens is 384 g/mol. The van der Waals surface area contributed by atoms with Gasteiger partial charge in [-0.3, -0.25) is 0 Å². The lowest BCUT2D eigenvalue weighted by Gasteiger charge is -1.94. The summed E-state index contributed by atoms with van der Waals surface area (Å²) in [4.78, 5) is 18.0. The summed E-state index contributed by atoms with van der Waals surface area (Å²) in [5.41, 5.74) is 4.02. The van der Waals surface area contributed by atoms with Crippen molar-refractivity contribution in [2.24, 2.45) is 9.98 Å². The highest BCUT2D eigenvalue weighted by Crippen LogP contribution is 2.28. The summed E-state index contributed by atoms with van der Waals surface area (Å²) in [6, 6.07) is 24.2. The Labute approximate surface area is 169 Å². The highest BCUT2D eigenvalue weighted by atomic mass is 32.1. The van der Waals surface area contributed by atoms with E-state index in [1.807, 2.05) is 73.1 Å². The Morgan fingerprint density at radius 2 is 1.00 bits per heavy atom. The van der Waals surface area contributed by atoms with Crippen LogP contribution in [0.15, 0.2) is 82.8 Å². The second kappa shape index (κ2) is 7.42. The van der Waals surface area contributed by atoms with Crippen molar-refractivity contribution in [3.8, 4) is 0 Å². The van der Waals surface area contributed by atoms with Gasteiger partial charge in [0, 0.05) is 12.4 Å². The molecule has 5 rings (SSSR count). The van der Waals surface area contributed by atoms with Gasteiger partial charge in [-0.2, -0.15) is 0 Å². The molecule has 0 aliphatic heterocycles. The summed E-state index contributed by atoms with van der Waals surface area (Å²) in [7, 11) is 0. The quantitative estimate of drug-likeness (QED) is 0.329. The number of aromatic nitrogens is 2. The van der Waals surface area contributed by atoms with Crippen LogP contribution in [-0.4, -0.2) is 22.4 Å². The lowest BCUT2D eigenvalue weighted by Crippen LogP contribution is -1.84. The fourth-order valence-corrected chi connectivity index (χ4v) is 4.38. The third-order valence-corrected chi connectivity index (χ3v) is 6.04. The molecule has 0 unspecified atom stereocenters. The second-order valence-corrected chi connectivity index (χ2v) is 8.13. The fourth-order valence-electron chi connectivity index (χ4n) is 2.76. The number of rotatable bonds is 4. The maximum atomic E-state index is 4.52. The Balaban J connectivity index is 1.30. The summed E-state index contributed by atoms with van der Waals surface area (Å²) in [6.45, 7) is 0. The molecule has 134 valence electrons. The van der Waals surface area contributed by atoms with E-state index in [2.05, 4.69) is 32.1 Å². The van der Waals surface area contributed by atoms with Crippen LogP contribution in [0.1, 0.15) is 11.1 Å². The molecule has 4 nitrogen and oxygen atoms in total. The molecule has 0 N–H and O–H groups in total. The van der Waals surface area contributed by atoms with Crippen molar-refractivity contribution in [1.29, 1.82) is 0 Å². The van der Waals surface area contributed by atoms with E-state index in [0.29, 0.717) is 0 Å². The SMILES string of the molecule is C(=N\c1nc2ccccc2s1)/c1ccc(/C=N/c2nc3ccccc3s2)cc1. The van der Waals surface area contributed by atoms with Gasteiger partial charge in [0.1, 0.15) is 0 Å². The monoisotopic (exact) mass is 398 g/mol. The Kier molecular flexibility index (Phi) is 4.48. The molecule has 0 aliphatic rings. The first kappa shape index (κ1) is 16.9. The van der Waals surface area contributed by atoms with E-state index in [-0.39, 0.29) is 0 Å². The molecule has 0 aliphatic carbocycles. The zero-order valence-corrected chi connectivity index (χ0v) is 16.3. The number of fused-ring (bicyclic) bond motifs is 2. The van der Waals surface area contributed by atoms with Crippen LogP contribution in [0.4, 0.5) is 10.3 Å². The van der Waals surface area contributed by atoms with Gasteiger partial charge in [0.2, 0.25) is 10.3 Å². The van der Waals surface area contributed by atoms with Crippen molar-refractivity contribution in [2.75, 3.05) is 0 Å². The Hall–Kier alpha value is -3.22. The molecule has 0 radical (unpaired) electrons. The normalized spacial score (nSPS) is 12.0. The topological polar surface area (TPSA) is 50.5 Å². The van der Waals surface area contributed by atoms with Crippen molar-refractivity contribution < 1.29 is 0 Å². The summed E-state index contributed by atoms with van der Waals surface area (Å²) in [5.74, 6) is 0. The Morgan fingerprint density at radius 3 is 1.43 bits per heavy atom. The average molecular weight is 399 g/mol. The van der Waals surface area contributed by atoms with Crippen molar-refractivity contribution in [2.45, 2.75) is 0 Å². The molecule has 0 fully saturated rings. The molecule has 28 heavy (non-hydrogen) atoms. The van der Waals surface area contributed by atoms with Gasteiger partial charge < -0.3 is 0 Å². The molecule has 5 aromatic rings. The first-order valence-electron chi connectivity index (χ1n) is 8.73. The molecule has 0 saturated carbocycles. The third-order valence-electron chi connectivity index (χ3n) is 4.15. The minimum absolute atomic E-state index is 0.766. The number of hydrogen-bond acceptors (Lipinski definition) is 6. The number of para-hydroxylation sites is 2. The highest BCUT2D eigenvalue weighted by Gasteiger charge is 2.01. The predicted octanol–water partition coefficient (Wildman–Crippen LogP) is 6.41. The minimum Gasteiger partial charge on any atom is -0.227 e. The van der Waals surface area contributed by atoms with Crippen molar-refractivity contribution in [3.05, 3.63) is 83.9 Å². The molecule has 2 aromatic heterocycles. The van der Waals surface area contributed by atoms with E-state index in [0.717, 1.165) is 41.8 Å². The Bertz CT molecular complexity index is 1140. The van der Waals surface area contributed by atoms with E-state index < -0.39 is 0 Å². The van der Waals surface area contributed by atoms with E-state index in [1.165, 1.54) is 0 Å². The van der Waals surface area contributed by atoms with Crippen molar-refractivity contribution in [1.82, 2.24) is 9.97 Å². The van der Waals surface area contributed by atoms with Gasteiger partial charge in [-0.05, 0) is 35.4 Å². The van der Waals surface area contributed by atoms with Crippen LogP contribution in [-0.2, 0) is 0 Å². The van der Waals surface area contributed by atoms with Gasteiger partial charge in [0.15, 0.2) is 0 Å². The molecule has 0 atom stereocenters. The number of benzene rings is 3. The number of thiazole rings is 2. The van der Waals surface area contributed by atoms with Crippen LogP contribution < -0.4 is 0 Å². The maximum absolute atomic E-state index is 4.52. The van der Waals surface area contributed by atoms with E-state index >= 15 is 0 Å². The smallest absolute Gasteiger partial charge is 0.210 e. The van der Waals surface area contributed by atoms with Crippen LogP contribution >= 0.6 is 22.7 Å². The van der Waals surface area contributed by atoms with Crippen LogP contribution in [0.25, 0.3) is 20.4 Å². The first-order valence-corrected chi connectivity index (χ1v) is 10.4. The lowest BCUT2D eigenvalue weighted by atomic mass is 10.2. The third kappa shape index (κ3) is 3.60. The standard InChI is InChI=1S/C22H14N4S2/c1-3-7-19-17(5-1)25-21(27-19)23-13-15-9-11-16(12-10-15)14-24-22-26-18-6-2-4-8-20(18)28-22/h1-14H/b23-13+,24-14+. The van der Waals surface area contributed by atoms with Gasteiger partial charge in [-0.1, -0.05) is 71.2 Å². The van der Waals surface area contributed by atoms with E-state index in [1.54, 1.807) is 22.7 Å². The zero-order valence-electron chi connectivity index (χ0n) is 14.7. The molecular formula is C22H14N4S2. The first-order chi connectivity index (χ1) is 13.8. The molecule has 0 spiro atoms. The molecule has 0 bridgehead atoms. The lowest BCUT2D eigenvalue weighted by molar-refractivity contribution is 1.41. The molecule has 2 heterocycles. The van der Waals surface area contributed by atoms with Gasteiger partial charge >= 0.3 is 0 Å². The van der Waals surface area contributed by atoms with E-state index in [9.17, 15) is 0 Å². The van der Waals surface area contributed by atoms with E-state index in [4.69, 9.17) is 0 Å². The zero-order chi connectivity index (χ0) is 18.8. The van der Waals surface area contributed by atoms with Crippen LogP contribution in [0.2, 0.25) is 0 Å². The molecule has 0 amide bonds.